The van der Waals surface area contributed by atoms with Crippen LogP contribution in [0.1, 0.15) is 33.0 Å². The Kier molecular flexibility index (Phi) is 4.79. The highest BCUT2D eigenvalue weighted by Crippen LogP contribution is 2.30. The van der Waals surface area contributed by atoms with Crippen LogP contribution in [-0.2, 0) is 16.4 Å². The first-order chi connectivity index (χ1) is 13.2. The maximum absolute atomic E-state index is 13.6. The van der Waals surface area contributed by atoms with Crippen molar-refractivity contribution in [3.8, 4) is 0 Å². The summed E-state index contributed by atoms with van der Waals surface area (Å²) < 4.78 is 43.4. The van der Waals surface area contributed by atoms with Crippen LogP contribution in [0, 0.1) is 19.7 Å². The van der Waals surface area contributed by atoms with Gasteiger partial charge in [-0.3, -0.25) is 4.79 Å². The molecule has 1 aromatic carbocycles. The monoisotopic (exact) mass is 421 g/mol. The van der Waals surface area contributed by atoms with E-state index in [0.29, 0.717) is 29.5 Å². The van der Waals surface area contributed by atoms with Gasteiger partial charge in [0.25, 0.3) is 5.91 Å². The van der Waals surface area contributed by atoms with Gasteiger partial charge in [-0.1, -0.05) is 0 Å². The topological polar surface area (TPSA) is 67.6 Å². The molecule has 0 bridgehead atoms. The number of carbonyl (C=O) groups is 1. The zero-order chi connectivity index (χ0) is 20.1. The molecule has 0 unspecified atom stereocenters. The molecule has 0 aliphatic carbocycles. The van der Waals surface area contributed by atoms with Crippen LogP contribution in [0.15, 0.2) is 34.1 Å². The number of fused-ring (bicyclic) bond motifs is 1. The number of halogens is 1. The molecule has 1 aliphatic rings. The van der Waals surface area contributed by atoms with E-state index in [0.717, 1.165) is 10.4 Å². The number of carbonyl (C=O) groups excluding carboxylic acids is 1. The predicted molar refractivity (Wildman–Crippen MR) is 107 cm³/mol. The Morgan fingerprint density at radius 3 is 2.75 bits per heavy atom. The number of furan rings is 1. The third kappa shape index (κ3) is 3.46. The van der Waals surface area contributed by atoms with Gasteiger partial charge in [-0.25, -0.2) is 12.8 Å². The molecule has 5 nitrogen and oxygen atoms in total. The first kappa shape index (κ1) is 19.1. The molecular formula is C20H20FNO4S2. The lowest BCUT2D eigenvalue weighted by Crippen LogP contribution is -2.40. The van der Waals surface area contributed by atoms with Gasteiger partial charge in [0.05, 0.1) is 18.1 Å². The minimum Gasteiger partial charge on any atom is -0.451 e. The molecule has 0 saturated carbocycles. The molecule has 28 heavy (non-hydrogen) atoms. The molecule has 1 atom stereocenters. The van der Waals surface area contributed by atoms with E-state index < -0.39 is 21.7 Å². The lowest BCUT2D eigenvalue weighted by Gasteiger charge is -2.27. The van der Waals surface area contributed by atoms with Gasteiger partial charge in [-0.05, 0) is 55.5 Å². The van der Waals surface area contributed by atoms with Crippen molar-refractivity contribution in [2.45, 2.75) is 32.9 Å². The van der Waals surface area contributed by atoms with Crippen LogP contribution in [0.25, 0.3) is 11.0 Å². The van der Waals surface area contributed by atoms with Gasteiger partial charge in [-0.15, -0.1) is 11.3 Å². The van der Waals surface area contributed by atoms with E-state index in [1.54, 1.807) is 11.8 Å². The van der Waals surface area contributed by atoms with E-state index >= 15 is 0 Å². The van der Waals surface area contributed by atoms with Crippen molar-refractivity contribution >= 4 is 38.1 Å². The van der Waals surface area contributed by atoms with Crippen LogP contribution in [-0.4, -0.2) is 36.8 Å². The molecule has 0 radical (unpaired) electrons. The smallest absolute Gasteiger partial charge is 0.290 e. The molecule has 8 heteroatoms. The number of nitrogens with zero attached hydrogens (tertiary/aromatic N) is 1. The minimum absolute atomic E-state index is 0.0446. The molecular weight excluding hydrogens is 401 g/mol. The van der Waals surface area contributed by atoms with Crippen molar-refractivity contribution in [1.29, 1.82) is 0 Å². The van der Waals surface area contributed by atoms with E-state index in [9.17, 15) is 17.6 Å². The molecule has 1 fully saturated rings. The van der Waals surface area contributed by atoms with Crippen molar-refractivity contribution in [3.63, 3.8) is 0 Å². The number of thiophene rings is 1. The normalized spacial score (nSPS) is 18.6. The Bertz CT molecular complexity index is 1160. The Hall–Kier alpha value is -2.19. The Morgan fingerprint density at radius 2 is 2.11 bits per heavy atom. The summed E-state index contributed by atoms with van der Waals surface area (Å²) in [5, 5.41) is 2.50. The standard InChI is InChI=1S/C20H20FNO4S2/c1-12-5-7-27-18(12)10-22(15-6-8-28(24,25)11-15)20(23)19-13(2)16-9-14(21)3-4-17(16)26-19/h3-5,7,9,15H,6,8,10-11H2,1-2H3/t15-/m1/s1. The van der Waals surface area contributed by atoms with Gasteiger partial charge in [0.1, 0.15) is 11.4 Å². The number of aryl methyl sites for hydroxylation is 2. The Morgan fingerprint density at radius 1 is 1.32 bits per heavy atom. The lowest BCUT2D eigenvalue weighted by atomic mass is 10.1. The van der Waals surface area contributed by atoms with E-state index in [-0.39, 0.29) is 23.2 Å². The number of amides is 1. The quantitative estimate of drug-likeness (QED) is 0.637. The summed E-state index contributed by atoms with van der Waals surface area (Å²) in [6.07, 6.45) is 0.409. The van der Waals surface area contributed by atoms with Gasteiger partial charge in [0.2, 0.25) is 0 Å². The largest absolute Gasteiger partial charge is 0.451 e. The summed E-state index contributed by atoms with van der Waals surface area (Å²) >= 11 is 1.54. The van der Waals surface area contributed by atoms with Crippen molar-refractivity contribution < 1.29 is 22.0 Å². The number of sulfone groups is 1. The molecule has 3 heterocycles. The van der Waals surface area contributed by atoms with E-state index in [4.69, 9.17) is 4.42 Å². The molecule has 3 aromatic rings. The fraction of sp³-hybridized carbons (Fsp3) is 0.350. The zero-order valence-electron chi connectivity index (χ0n) is 15.6. The summed E-state index contributed by atoms with van der Waals surface area (Å²) in [5.74, 6) is -0.585. The van der Waals surface area contributed by atoms with Gasteiger partial charge in [-0.2, -0.15) is 0 Å². The fourth-order valence-corrected chi connectivity index (χ4v) is 6.27. The third-order valence-corrected chi connectivity index (χ3v) is 8.04. The van der Waals surface area contributed by atoms with Crippen molar-refractivity contribution in [1.82, 2.24) is 4.90 Å². The molecule has 148 valence electrons. The van der Waals surface area contributed by atoms with Gasteiger partial charge < -0.3 is 9.32 Å². The van der Waals surface area contributed by atoms with Crippen molar-refractivity contribution in [3.05, 3.63) is 57.2 Å². The minimum atomic E-state index is -3.16. The van der Waals surface area contributed by atoms with Gasteiger partial charge >= 0.3 is 0 Å². The van der Waals surface area contributed by atoms with Crippen molar-refractivity contribution in [2.24, 2.45) is 0 Å². The maximum Gasteiger partial charge on any atom is 0.290 e. The number of benzene rings is 1. The highest BCUT2D eigenvalue weighted by Gasteiger charge is 2.37. The fourth-order valence-electron chi connectivity index (χ4n) is 3.64. The number of hydrogen-bond donors (Lipinski definition) is 0. The van der Waals surface area contributed by atoms with Crippen LogP contribution in [0.2, 0.25) is 0 Å². The second-order valence-electron chi connectivity index (χ2n) is 7.21. The Balaban J connectivity index is 1.74. The average molecular weight is 422 g/mol. The highest BCUT2D eigenvalue weighted by atomic mass is 32.2. The second-order valence-corrected chi connectivity index (χ2v) is 10.4. The zero-order valence-corrected chi connectivity index (χ0v) is 17.2. The summed E-state index contributed by atoms with van der Waals surface area (Å²) in [7, 11) is -3.16. The second kappa shape index (κ2) is 7.00. The molecule has 4 rings (SSSR count). The van der Waals surface area contributed by atoms with Crippen LogP contribution in [0.3, 0.4) is 0 Å². The first-order valence-electron chi connectivity index (χ1n) is 8.98. The van der Waals surface area contributed by atoms with Crippen LogP contribution >= 0.6 is 11.3 Å². The summed E-state index contributed by atoms with van der Waals surface area (Å²) in [6, 6.07) is 5.71. The molecule has 1 aliphatic heterocycles. The summed E-state index contributed by atoms with van der Waals surface area (Å²) in [5.41, 5.74) is 2.06. The maximum atomic E-state index is 13.6. The van der Waals surface area contributed by atoms with Crippen LogP contribution in [0.4, 0.5) is 4.39 Å². The SMILES string of the molecule is Cc1ccsc1CN(C(=O)c1oc2ccc(F)cc2c1C)[C@@H]1CCS(=O)(=O)C1. The Labute approximate surface area is 166 Å². The number of rotatable bonds is 4. The molecule has 0 spiro atoms. The van der Waals surface area contributed by atoms with Gasteiger partial charge in [0.15, 0.2) is 15.6 Å². The molecule has 2 aromatic heterocycles. The van der Waals surface area contributed by atoms with Crippen LogP contribution < -0.4 is 0 Å². The summed E-state index contributed by atoms with van der Waals surface area (Å²) in [4.78, 5) is 16.0. The molecule has 1 saturated heterocycles. The summed E-state index contributed by atoms with van der Waals surface area (Å²) in [6.45, 7) is 4.01. The highest BCUT2D eigenvalue weighted by molar-refractivity contribution is 7.91. The number of hydrogen-bond acceptors (Lipinski definition) is 5. The van der Waals surface area contributed by atoms with E-state index in [1.807, 2.05) is 18.4 Å². The lowest BCUT2D eigenvalue weighted by molar-refractivity contribution is 0.0651. The van der Waals surface area contributed by atoms with Gasteiger partial charge in [0, 0.05) is 21.9 Å². The average Bonchev–Trinajstić information content (AvgIpc) is 3.30. The molecule has 0 N–H and O–H groups in total. The molecule has 1 amide bonds. The third-order valence-electron chi connectivity index (χ3n) is 5.28. The van der Waals surface area contributed by atoms with Crippen LogP contribution in [0.5, 0.6) is 0 Å². The van der Waals surface area contributed by atoms with E-state index in [1.165, 1.54) is 29.5 Å². The first-order valence-corrected chi connectivity index (χ1v) is 11.7. The van der Waals surface area contributed by atoms with Crippen molar-refractivity contribution in [2.75, 3.05) is 11.5 Å². The predicted octanol–water partition coefficient (Wildman–Crippen LogP) is 4.08. The van der Waals surface area contributed by atoms with E-state index in [2.05, 4.69) is 0 Å².